The van der Waals surface area contributed by atoms with E-state index >= 15 is 0 Å². The largest absolute Gasteiger partial charge is 0.367 e. The van der Waals surface area contributed by atoms with Gasteiger partial charge in [0.2, 0.25) is 5.91 Å². The molecule has 2 rings (SSSR count). The first-order chi connectivity index (χ1) is 10.1. The molecule has 0 aromatic carbocycles. The van der Waals surface area contributed by atoms with E-state index in [1.165, 1.54) is 0 Å². The van der Waals surface area contributed by atoms with Gasteiger partial charge in [0.15, 0.2) is 11.6 Å². The number of nitrogens with zero attached hydrogens (tertiary/aromatic N) is 3. The number of rotatable bonds is 5. The highest BCUT2D eigenvalue weighted by Crippen LogP contribution is 2.29. The number of hydrogen-bond donors (Lipinski definition) is 2. The Bertz CT molecular complexity index is 469. The minimum Gasteiger partial charge on any atom is -0.367 e. The Morgan fingerprint density at radius 1 is 1.24 bits per heavy atom. The van der Waals surface area contributed by atoms with Crippen LogP contribution in [0.3, 0.4) is 0 Å². The molecule has 0 bridgehead atoms. The van der Waals surface area contributed by atoms with E-state index in [9.17, 15) is 4.79 Å². The number of hydrogen-bond acceptors (Lipinski definition) is 5. The fraction of sp³-hybridized carbons (Fsp3) is 0.667. The lowest BCUT2D eigenvalue weighted by Crippen LogP contribution is -2.32. The van der Waals surface area contributed by atoms with Crippen LogP contribution in [0.25, 0.3) is 0 Å². The molecular formula is C15H25N5O. The van der Waals surface area contributed by atoms with Crippen molar-refractivity contribution in [1.82, 2.24) is 15.3 Å². The second-order valence-electron chi connectivity index (χ2n) is 5.84. The van der Waals surface area contributed by atoms with Crippen molar-refractivity contribution in [2.45, 2.75) is 25.7 Å². The Balaban J connectivity index is 1.84. The zero-order chi connectivity index (χ0) is 15.2. The van der Waals surface area contributed by atoms with Crippen LogP contribution in [0.1, 0.15) is 25.7 Å². The zero-order valence-corrected chi connectivity index (χ0v) is 13.1. The second kappa shape index (κ2) is 7.24. The zero-order valence-electron chi connectivity index (χ0n) is 13.1. The lowest BCUT2D eigenvalue weighted by molar-refractivity contribution is -0.125. The number of aromatic nitrogens is 2. The smallest absolute Gasteiger partial charge is 0.222 e. The maximum absolute atomic E-state index is 11.6. The standard InChI is InChI=1S/C15H25N5O/c1-16-15(21)12-6-4-11(5-7-12)10-19-13-14(20(2)3)18-9-8-17-13/h8-9,11-12H,4-7,10H2,1-3H3,(H,16,21)(H,17,19). The van der Waals surface area contributed by atoms with Gasteiger partial charge in [-0.15, -0.1) is 0 Å². The molecule has 1 aromatic rings. The first-order valence-corrected chi connectivity index (χ1v) is 7.55. The van der Waals surface area contributed by atoms with Crippen molar-refractivity contribution < 1.29 is 4.79 Å². The van der Waals surface area contributed by atoms with Crippen LogP contribution in [-0.2, 0) is 4.79 Å². The van der Waals surface area contributed by atoms with Gasteiger partial charge in [-0.05, 0) is 31.6 Å². The van der Waals surface area contributed by atoms with Crippen molar-refractivity contribution >= 4 is 17.5 Å². The van der Waals surface area contributed by atoms with Crippen LogP contribution in [0.4, 0.5) is 11.6 Å². The second-order valence-corrected chi connectivity index (χ2v) is 5.84. The molecule has 116 valence electrons. The molecule has 0 aliphatic heterocycles. The molecule has 0 unspecified atom stereocenters. The van der Waals surface area contributed by atoms with Gasteiger partial charge in [0.05, 0.1) is 0 Å². The fourth-order valence-electron chi connectivity index (χ4n) is 2.86. The van der Waals surface area contributed by atoms with Gasteiger partial charge in [0.25, 0.3) is 0 Å². The Hall–Kier alpha value is -1.85. The monoisotopic (exact) mass is 291 g/mol. The molecule has 1 heterocycles. The summed E-state index contributed by atoms with van der Waals surface area (Å²) in [5.74, 6) is 2.67. The number of nitrogens with one attached hydrogen (secondary N) is 2. The highest BCUT2D eigenvalue weighted by atomic mass is 16.1. The van der Waals surface area contributed by atoms with Crippen molar-refractivity contribution in [2.75, 3.05) is 37.9 Å². The molecule has 1 aliphatic carbocycles. The molecule has 6 heteroatoms. The summed E-state index contributed by atoms with van der Waals surface area (Å²) in [6.45, 7) is 0.889. The van der Waals surface area contributed by atoms with E-state index in [-0.39, 0.29) is 11.8 Å². The molecule has 1 amide bonds. The SMILES string of the molecule is CNC(=O)C1CCC(CNc2nccnc2N(C)C)CC1. The number of carbonyl (C=O) groups is 1. The predicted octanol–water partition coefficient (Wildman–Crippen LogP) is 1.51. The average molecular weight is 291 g/mol. The van der Waals surface area contributed by atoms with Crippen LogP contribution in [-0.4, -0.2) is 43.6 Å². The normalized spacial score (nSPS) is 21.7. The molecule has 0 atom stereocenters. The summed E-state index contributed by atoms with van der Waals surface area (Å²) in [6.07, 6.45) is 7.54. The summed E-state index contributed by atoms with van der Waals surface area (Å²) < 4.78 is 0. The molecule has 2 N–H and O–H groups in total. The average Bonchev–Trinajstić information content (AvgIpc) is 2.52. The topological polar surface area (TPSA) is 70.1 Å². The van der Waals surface area contributed by atoms with Crippen LogP contribution in [0, 0.1) is 11.8 Å². The minimum atomic E-state index is 0.185. The third-order valence-corrected chi connectivity index (χ3v) is 4.12. The summed E-state index contributed by atoms with van der Waals surface area (Å²) in [6, 6.07) is 0. The van der Waals surface area contributed by atoms with E-state index in [0.717, 1.165) is 43.9 Å². The molecule has 0 radical (unpaired) electrons. The van der Waals surface area contributed by atoms with Gasteiger partial charge in [-0.25, -0.2) is 9.97 Å². The third-order valence-electron chi connectivity index (χ3n) is 4.12. The van der Waals surface area contributed by atoms with Gasteiger partial charge in [-0.2, -0.15) is 0 Å². The van der Waals surface area contributed by atoms with Crippen molar-refractivity contribution in [3.8, 4) is 0 Å². The van der Waals surface area contributed by atoms with E-state index in [1.54, 1.807) is 19.4 Å². The predicted molar refractivity (Wildman–Crippen MR) is 84.4 cm³/mol. The molecule has 1 aromatic heterocycles. The van der Waals surface area contributed by atoms with Crippen molar-refractivity contribution in [3.05, 3.63) is 12.4 Å². The van der Waals surface area contributed by atoms with Gasteiger partial charge >= 0.3 is 0 Å². The summed E-state index contributed by atoms with van der Waals surface area (Å²) in [5.41, 5.74) is 0. The third kappa shape index (κ3) is 4.06. The highest BCUT2D eigenvalue weighted by molar-refractivity contribution is 5.78. The molecule has 0 spiro atoms. The van der Waals surface area contributed by atoms with E-state index < -0.39 is 0 Å². The van der Waals surface area contributed by atoms with Crippen molar-refractivity contribution in [1.29, 1.82) is 0 Å². The maximum atomic E-state index is 11.6. The van der Waals surface area contributed by atoms with Gasteiger partial charge in [-0.3, -0.25) is 4.79 Å². The summed E-state index contributed by atoms with van der Waals surface area (Å²) in [4.78, 5) is 22.3. The van der Waals surface area contributed by atoms with Gasteiger partial charge in [0.1, 0.15) is 0 Å². The van der Waals surface area contributed by atoms with Gasteiger partial charge < -0.3 is 15.5 Å². The molecular weight excluding hydrogens is 266 g/mol. The Morgan fingerprint density at radius 2 is 1.90 bits per heavy atom. The van der Waals surface area contributed by atoms with Crippen LogP contribution >= 0.6 is 0 Å². The molecule has 1 fully saturated rings. The lowest BCUT2D eigenvalue weighted by Gasteiger charge is -2.28. The van der Waals surface area contributed by atoms with Crippen LogP contribution in [0.5, 0.6) is 0 Å². The van der Waals surface area contributed by atoms with Crippen molar-refractivity contribution in [2.24, 2.45) is 11.8 Å². The van der Waals surface area contributed by atoms with E-state index in [0.29, 0.717) is 5.92 Å². The van der Waals surface area contributed by atoms with E-state index in [4.69, 9.17) is 0 Å². The molecule has 1 aliphatic rings. The molecule has 6 nitrogen and oxygen atoms in total. The van der Waals surface area contributed by atoms with Gasteiger partial charge in [-0.1, -0.05) is 0 Å². The van der Waals surface area contributed by atoms with Crippen LogP contribution < -0.4 is 15.5 Å². The lowest BCUT2D eigenvalue weighted by atomic mass is 9.81. The molecule has 21 heavy (non-hydrogen) atoms. The Labute approximate surface area is 126 Å². The molecule has 0 saturated heterocycles. The van der Waals surface area contributed by atoms with Crippen LogP contribution in [0.15, 0.2) is 12.4 Å². The quantitative estimate of drug-likeness (QED) is 0.860. The first-order valence-electron chi connectivity index (χ1n) is 7.55. The maximum Gasteiger partial charge on any atom is 0.222 e. The molecule has 1 saturated carbocycles. The Kier molecular flexibility index (Phi) is 5.36. The number of carbonyl (C=O) groups excluding carboxylic acids is 1. The fourth-order valence-corrected chi connectivity index (χ4v) is 2.86. The summed E-state index contributed by atoms with van der Waals surface area (Å²) in [5, 5.41) is 6.16. The number of anilines is 2. The van der Waals surface area contributed by atoms with Crippen LogP contribution in [0.2, 0.25) is 0 Å². The highest BCUT2D eigenvalue weighted by Gasteiger charge is 2.25. The van der Waals surface area contributed by atoms with E-state index in [1.807, 2.05) is 19.0 Å². The first kappa shape index (κ1) is 15.5. The van der Waals surface area contributed by atoms with Crippen molar-refractivity contribution in [3.63, 3.8) is 0 Å². The summed E-state index contributed by atoms with van der Waals surface area (Å²) in [7, 11) is 5.64. The Morgan fingerprint density at radius 3 is 2.52 bits per heavy atom. The van der Waals surface area contributed by atoms with E-state index in [2.05, 4.69) is 20.6 Å². The van der Waals surface area contributed by atoms with Gasteiger partial charge in [0, 0.05) is 46.0 Å². The minimum absolute atomic E-state index is 0.185. The number of amides is 1. The summed E-state index contributed by atoms with van der Waals surface area (Å²) >= 11 is 0.